The number of aldehydes is 1. The van der Waals surface area contributed by atoms with E-state index >= 15 is 0 Å². The highest BCUT2D eigenvalue weighted by Gasteiger charge is 2.33. The van der Waals surface area contributed by atoms with Crippen LogP contribution < -0.4 is 24.8 Å². The number of ether oxygens (including phenoxy) is 3. The molecule has 9 heteroatoms. The molecule has 0 saturated carbocycles. The maximum Gasteiger partial charge on any atom is 0.223 e. The topological polar surface area (TPSA) is 99.8 Å². The zero-order valence-electron chi connectivity index (χ0n) is 14.7. The molecule has 2 heterocycles. The van der Waals surface area contributed by atoms with Crippen molar-refractivity contribution >= 4 is 29.7 Å². The predicted molar refractivity (Wildman–Crippen MR) is 97.3 cm³/mol. The second-order valence-electron chi connectivity index (χ2n) is 5.74. The molecule has 138 valence electrons. The predicted octanol–water partition coefficient (Wildman–Crippen LogP) is 1.87. The summed E-state index contributed by atoms with van der Waals surface area (Å²) in [6.07, 6.45) is 1.30. The van der Waals surface area contributed by atoms with Gasteiger partial charge in [-0.05, 0) is 17.7 Å². The van der Waals surface area contributed by atoms with Gasteiger partial charge in [0.25, 0.3) is 0 Å². The van der Waals surface area contributed by atoms with Crippen molar-refractivity contribution in [2.45, 2.75) is 19.0 Å². The van der Waals surface area contributed by atoms with Crippen molar-refractivity contribution in [3.05, 3.63) is 28.4 Å². The van der Waals surface area contributed by atoms with Crippen LogP contribution in [0.3, 0.4) is 0 Å². The van der Waals surface area contributed by atoms with E-state index in [0.29, 0.717) is 41.6 Å². The van der Waals surface area contributed by atoms with Crippen molar-refractivity contribution < 1.29 is 19.0 Å². The molecule has 26 heavy (non-hydrogen) atoms. The van der Waals surface area contributed by atoms with Crippen LogP contribution in [0.25, 0.3) is 0 Å². The summed E-state index contributed by atoms with van der Waals surface area (Å²) in [5.74, 6) is 2.19. The lowest BCUT2D eigenvalue weighted by Crippen LogP contribution is -2.33. The SMILES string of the molecule is COc1cc(CN2c3nc(N)nc(Cl)c3CC2C=O)cc(OC)c1OC. The van der Waals surface area contributed by atoms with Gasteiger partial charge in [0.05, 0.1) is 27.4 Å². The summed E-state index contributed by atoms with van der Waals surface area (Å²) in [5, 5.41) is 0.270. The number of benzene rings is 1. The molecule has 2 aromatic rings. The fraction of sp³-hybridized carbons (Fsp3) is 0.353. The number of aromatic nitrogens is 2. The van der Waals surface area contributed by atoms with E-state index in [4.69, 9.17) is 31.5 Å². The highest BCUT2D eigenvalue weighted by Crippen LogP contribution is 2.40. The summed E-state index contributed by atoms with van der Waals surface area (Å²) in [7, 11) is 4.64. The maximum absolute atomic E-state index is 11.6. The van der Waals surface area contributed by atoms with Gasteiger partial charge < -0.3 is 29.6 Å². The third-order valence-electron chi connectivity index (χ3n) is 4.27. The Labute approximate surface area is 155 Å². The van der Waals surface area contributed by atoms with Gasteiger partial charge in [0, 0.05) is 18.5 Å². The smallest absolute Gasteiger partial charge is 0.223 e. The molecule has 0 bridgehead atoms. The lowest BCUT2D eigenvalue weighted by Gasteiger charge is -2.24. The molecule has 0 fully saturated rings. The first-order valence-electron chi connectivity index (χ1n) is 7.85. The molecule has 0 saturated heterocycles. The van der Waals surface area contributed by atoms with Gasteiger partial charge in [0.1, 0.15) is 17.3 Å². The first-order valence-corrected chi connectivity index (χ1v) is 8.22. The summed E-state index contributed by atoms with van der Waals surface area (Å²) in [5.41, 5.74) is 7.29. The van der Waals surface area contributed by atoms with Gasteiger partial charge in [-0.25, -0.2) is 4.98 Å². The largest absolute Gasteiger partial charge is 0.493 e. The van der Waals surface area contributed by atoms with E-state index in [2.05, 4.69) is 9.97 Å². The molecule has 1 atom stereocenters. The number of anilines is 2. The minimum atomic E-state index is -0.405. The number of nitrogens with two attached hydrogens (primary N) is 1. The van der Waals surface area contributed by atoms with Gasteiger partial charge in [0.2, 0.25) is 11.7 Å². The average Bonchev–Trinajstić information content (AvgIpc) is 2.98. The summed E-state index contributed by atoms with van der Waals surface area (Å²) in [6, 6.07) is 3.25. The number of nitrogens with zero attached hydrogens (tertiary/aromatic N) is 3. The molecule has 3 rings (SSSR count). The second kappa shape index (κ2) is 7.25. The van der Waals surface area contributed by atoms with Crippen molar-refractivity contribution in [2.24, 2.45) is 0 Å². The Balaban J connectivity index is 2.02. The molecule has 1 aromatic heterocycles. The van der Waals surface area contributed by atoms with Crippen LogP contribution in [0.4, 0.5) is 11.8 Å². The summed E-state index contributed by atoms with van der Waals surface area (Å²) < 4.78 is 16.1. The lowest BCUT2D eigenvalue weighted by molar-refractivity contribution is -0.108. The van der Waals surface area contributed by atoms with E-state index in [1.165, 1.54) is 0 Å². The van der Waals surface area contributed by atoms with Gasteiger partial charge in [-0.1, -0.05) is 11.6 Å². The van der Waals surface area contributed by atoms with Crippen LogP contribution in [-0.4, -0.2) is 43.6 Å². The summed E-state index contributed by atoms with van der Waals surface area (Å²) >= 11 is 6.17. The van der Waals surface area contributed by atoms with Gasteiger partial charge >= 0.3 is 0 Å². The van der Waals surface area contributed by atoms with Crippen LogP contribution in [-0.2, 0) is 17.8 Å². The van der Waals surface area contributed by atoms with Crippen molar-refractivity contribution in [3.63, 3.8) is 0 Å². The number of carbonyl (C=O) groups is 1. The second-order valence-corrected chi connectivity index (χ2v) is 6.10. The molecule has 1 aliphatic heterocycles. The van der Waals surface area contributed by atoms with Crippen LogP contribution in [0.15, 0.2) is 12.1 Å². The highest BCUT2D eigenvalue weighted by atomic mass is 35.5. The zero-order valence-corrected chi connectivity index (χ0v) is 15.4. The standard InChI is InChI=1S/C17H19ClN4O4/c1-24-12-4-9(5-13(25-2)14(12)26-3)7-22-10(8-23)6-11-15(18)20-17(19)21-16(11)22/h4-5,8,10H,6-7H2,1-3H3,(H2,19,20,21). The normalized spacial score (nSPS) is 15.5. The Kier molecular flexibility index (Phi) is 5.03. The van der Waals surface area contributed by atoms with E-state index in [0.717, 1.165) is 11.8 Å². The molecule has 1 unspecified atom stereocenters. The Morgan fingerprint density at radius 1 is 1.23 bits per heavy atom. The molecule has 0 radical (unpaired) electrons. The van der Waals surface area contributed by atoms with Crippen molar-refractivity contribution in [1.29, 1.82) is 0 Å². The summed E-state index contributed by atoms with van der Waals surface area (Å²) in [4.78, 5) is 21.7. The quantitative estimate of drug-likeness (QED) is 0.600. The first kappa shape index (κ1) is 18.1. The van der Waals surface area contributed by atoms with Crippen molar-refractivity contribution in [2.75, 3.05) is 32.0 Å². The molecule has 0 spiro atoms. The summed E-state index contributed by atoms with van der Waals surface area (Å²) in [6.45, 7) is 0.389. The number of halogens is 1. The van der Waals surface area contributed by atoms with Crippen molar-refractivity contribution in [3.8, 4) is 17.2 Å². The van der Waals surface area contributed by atoms with E-state index in [9.17, 15) is 4.79 Å². The molecular formula is C17H19ClN4O4. The van der Waals surface area contributed by atoms with Crippen LogP contribution >= 0.6 is 11.6 Å². The average molecular weight is 379 g/mol. The molecule has 0 amide bonds. The Bertz CT molecular complexity index is 821. The Morgan fingerprint density at radius 3 is 2.42 bits per heavy atom. The molecule has 8 nitrogen and oxygen atoms in total. The fourth-order valence-corrected chi connectivity index (χ4v) is 3.34. The Hall–Kier alpha value is -2.74. The number of rotatable bonds is 6. The number of hydrogen-bond acceptors (Lipinski definition) is 8. The molecule has 1 aromatic carbocycles. The zero-order chi connectivity index (χ0) is 18.8. The fourth-order valence-electron chi connectivity index (χ4n) is 3.09. The van der Waals surface area contributed by atoms with E-state index in [-0.39, 0.29) is 11.1 Å². The molecule has 0 aliphatic carbocycles. The van der Waals surface area contributed by atoms with Gasteiger partial charge in [-0.3, -0.25) is 0 Å². The van der Waals surface area contributed by atoms with Crippen LogP contribution in [0.1, 0.15) is 11.1 Å². The molecule has 2 N–H and O–H groups in total. The minimum absolute atomic E-state index is 0.0650. The van der Waals surface area contributed by atoms with E-state index < -0.39 is 6.04 Å². The number of carbonyl (C=O) groups excluding carboxylic acids is 1. The maximum atomic E-state index is 11.6. The van der Waals surface area contributed by atoms with Crippen LogP contribution in [0.5, 0.6) is 17.2 Å². The number of methoxy groups -OCH3 is 3. The highest BCUT2D eigenvalue weighted by molar-refractivity contribution is 6.30. The van der Waals surface area contributed by atoms with Crippen molar-refractivity contribution in [1.82, 2.24) is 9.97 Å². The van der Waals surface area contributed by atoms with Gasteiger partial charge in [0.15, 0.2) is 11.5 Å². The molecule has 1 aliphatic rings. The number of nitrogen functional groups attached to an aromatic ring is 1. The Morgan fingerprint density at radius 2 is 1.88 bits per heavy atom. The van der Waals surface area contributed by atoms with Gasteiger partial charge in [-0.15, -0.1) is 0 Å². The van der Waals surface area contributed by atoms with Crippen LogP contribution in [0, 0.1) is 0 Å². The monoisotopic (exact) mass is 378 g/mol. The van der Waals surface area contributed by atoms with E-state index in [1.807, 2.05) is 17.0 Å². The lowest BCUT2D eigenvalue weighted by atomic mass is 10.1. The third kappa shape index (κ3) is 3.08. The number of hydrogen-bond donors (Lipinski definition) is 1. The minimum Gasteiger partial charge on any atom is -0.493 e. The first-order chi connectivity index (χ1) is 12.5. The third-order valence-corrected chi connectivity index (χ3v) is 4.58. The molecular weight excluding hydrogens is 360 g/mol. The number of fused-ring (bicyclic) bond motifs is 1. The van der Waals surface area contributed by atoms with Gasteiger partial charge in [-0.2, -0.15) is 4.98 Å². The van der Waals surface area contributed by atoms with E-state index in [1.54, 1.807) is 21.3 Å². The van der Waals surface area contributed by atoms with Crippen LogP contribution in [0.2, 0.25) is 5.15 Å².